The van der Waals surface area contributed by atoms with Crippen LogP contribution in [0.2, 0.25) is 10.0 Å². The Hall–Kier alpha value is -0.680. The van der Waals surface area contributed by atoms with E-state index in [1.165, 1.54) is 0 Å². The van der Waals surface area contributed by atoms with Gasteiger partial charge in [-0.2, -0.15) is 0 Å². The van der Waals surface area contributed by atoms with E-state index in [0.717, 1.165) is 0 Å². The lowest BCUT2D eigenvalue weighted by atomic mass is 10.3. The van der Waals surface area contributed by atoms with Crippen LogP contribution in [0.25, 0.3) is 0 Å². The van der Waals surface area contributed by atoms with Crippen LogP contribution in [0.4, 0.5) is 0 Å². The number of rotatable bonds is 5. The van der Waals surface area contributed by atoms with E-state index in [1.807, 2.05) is 6.92 Å². The van der Waals surface area contributed by atoms with Gasteiger partial charge in [0, 0.05) is 25.7 Å². The molecule has 1 atom stereocenters. The van der Waals surface area contributed by atoms with E-state index in [-0.39, 0.29) is 31.0 Å². The van der Waals surface area contributed by atoms with Crippen molar-refractivity contribution in [3.8, 4) is 5.75 Å². The Kier molecular flexibility index (Phi) is 8.18. The van der Waals surface area contributed by atoms with E-state index in [0.29, 0.717) is 22.3 Å². The number of benzene rings is 1. The van der Waals surface area contributed by atoms with Crippen molar-refractivity contribution in [3.63, 3.8) is 0 Å². The first-order chi connectivity index (χ1) is 8.45. The van der Waals surface area contributed by atoms with Crippen molar-refractivity contribution in [3.05, 3.63) is 28.2 Å². The molecular weight excluding hydrogens is 311 g/mol. The first-order valence-electron chi connectivity index (χ1n) is 5.49. The largest absolute Gasteiger partial charge is 0.484 e. The summed E-state index contributed by atoms with van der Waals surface area (Å²) < 4.78 is 5.34. The minimum atomic E-state index is -0.140. The lowest BCUT2D eigenvalue weighted by molar-refractivity contribution is -0.133. The Morgan fingerprint density at radius 3 is 2.58 bits per heavy atom. The second kappa shape index (κ2) is 8.48. The SMILES string of the molecule is CC(CN)N(C)C(=O)COc1ccc(Cl)c(Cl)c1.Cl. The summed E-state index contributed by atoms with van der Waals surface area (Å²) in [6.45, 7) is 2.23. The van der Waals surface area contributed by atoms with Crippen LogP contribution in [-0.4, -0.2) is 37.0 Å². The van der Waals surface area contributed by atoms with Crippen LogP contribution in [-0.2, 0) is 4.79 Å². The molecule has 1 amide bonds. The molecule has 0 aliphatic heterocycles. The molecule has 0 radical (unpaired) electrons. The smallest absolute Gasteiger partial charge is 0.260 e. The zero-order valence-corrected chi connectivity index (χ0v) is 13.1. The maximum atomic E-state index is 11.8. The van der Waals surface area contributed by atoms with Crippen molar-refractivity contribution < 1.29 is 9.53 Å². The standard InChI is InChI=1S/C12H16Cl2N2O2.ClH/c1-8(6-15)16(2)12(17)7-18-9-3-4-10(13)11(14)5-9;/h3-5,8H,6-7,15H2,1-2H3;1H. The van der Waals surface area contributed by atoms with Crippen LogP contribution in [0, 0.1) is 0 Å². The third-order valence-corrected chi connectivity index (χ3v) is 3.39. The van der Waals surface area contributed by atoms with Crippen LogP contribution < -0.4 is 10.5 Å². The number of amides is 1. The van der Waals surface area contributed by atoms with Gasteiger partial charge >= 0.3 is 0 Å². The summed E-state index contributed by atoms with van der Waals surface area (Å²) in [7, 11) is 1.69. The molecule has 108 valence electrons. The van der Waals surface area contributed by atoms with Gasteiger partial charge in [-0.15, -0.1) is 12.4 Å². The molecule has 1 rings (SSSR count). The summed E-state index contributed by atoms with van der Waals surface area (Å²) in [5.41, 5.74) is 5.49. The van der Waals surface area contributed by atoms with Gasteiger partial charge in [0.15, 0.2) is 6.61 Å². The average Bonchev–Trinajstić information content (AvgIpc) is 2.37. The maximum Gasteiger partial charge on any atom is 0.260 e. The molecule has 1 aromatic carbocycles. The molecule has 0 saturated heterocycles. The van der Waals surface area contributed by atoms with Gasteiger partial charge in [-0.25, -0.2) is 0 Å². The monoisotopic (exact) mass is 326 g/mol. The molecule has 0 heterocycles. The Balaban J connectivity index is 0.00000324. The fourth-order valence-corrected chi connectivity index (χ4v) is 1.51. The number of halogens is 3. The Bertz CT molecular complexity index is 429. The molecule has 7 heteroatoms. The molecule has 0 bridgehead atoms. The summed E-state index contributed by atoms with van der Waals surface area (Å²) in [6, 6.07) is 4.84. The minimum Gasteiger partial charge on any atom is -0.484 e. The van der Waals surface area contributed by atoms with Crippen LogP contribution in [0.3, 0.4) is 0 Å². The minimum absolute atomic E-state index is 0. The zero-order chi connectivity index (χ0) is 13.7. The van der Waals surface area contributed by atoms with Gasteiger partial charge in [0.2, 0.25) is 0 Å². The van der Waals surface area contributed by atoms with Crippen LogP contribution in [0.5, 0.6) is 5.75 Å². The third-order valence-electron chi connectivity index (χ3n) is 2.65. The quantitative estimate of drug-likeness (QED) is 0.904. The molecule has 19 heavy (non-hydrogen) atoms. The van der Waals surface area contributed by atoms with Gasteiger partial charge < -0.3 is 15.4 Å². The number of likely N-dealkylation sites (N-methyl/N-ethyl adjacent to an activating group) is 1. The Morgan fingerprint density at radius 1 is 1.42 bits per heavy atom. The number of nitrogens with zero attached hydrogens (tertiary/aromatic N) is 1. The highest BCUT2D eigenvalue weighted by Crippen LogP contribution is 2.26. The zero-order valence-electron chi connectivity index (χ0n) is 10.7. The predicted molar refractivity (Wildman–Crippen MR) is 80.5 cm³/mol. The lowest BCUT2D eigenvalue weighted by Crippen LogP contribution is -2.42. The summed E-state index contributed by atoms with van der Waals surface area (Å²) in [5, 5.41) is 0.842. The van der Waals surface area contributed by atoms with E-state index in [9.17, 15) is 4.79 Å². The van der Waals surface area contributed by atoms with Crippen LogP contribution >= 0.6 is 35.6 Å². The predicted octanol–water partition coefficient (Wildman–Crippen LogP) is 2.60. The highest BCUT2D eigenvalue weighted by atomic mass is 35.5. The third kappa shape index (κ3) is 5.45. The Labute approximate surface area is 129 Å². The molecule has 4 nitrogen and oxygen atoms in total. The van der Waals surface area contributed by atoms with E-state index in [1.54, 1.807) is 30.1 Å². The number of hydrogen-bond acceptors (Lipinski definition) is 3. The van der Waals surface area contributed by atoms with Crippen LogP contribution in [0.1, 0.15) is 6.92 Å². The van der Waals surface area contributed by atoms with Gasteiger partial charge in [-0.05, 0) is 19.1 Å². The molecule has 0 fully saturated rings. The number of ether oxygens (including phenoxy) is 1. The Morgan fingerprint density at radius 2 is 2.05 bits per heavy atom. The maximum absolute atomic E-state index is 11.8. The molecule has 1 aromatic rings. The fourth-order valence-electron chi connectivity index (χ4n) is 1.22. The van der Waals surface area contributed by atoms with Crippen molar-refractivity contribution >= 4 is 41.5 Å². The van der Waals surface area contributed by atoms with Gasteiger partial charge in [0.25, 0.3) is 5.91 Å². The van der Waals surface area contributed by atoms with Crippen molar-refractivity contribution in [1.29, 1.82) is 0 Å². The molecule has 0 aromatic heterocycles. The number of hydrogen-bond donors (Lipinski definition) is 1. The molecular formula is C12H17Cl3N2O2. The molecule has 0 saturated carbocycles. The molecule has 1 unspecified atom stereocenters. The summed E-state index contributed by atoms with van der Waals surface area (Å²) in [5.74, 6) is 0.366. The number of nitrogens with two attached hydrogens (primary N) is 1. The average molecular weight is 328 g/mol. The van der Waals surface area contributed by atoms with Crippen LogP contribution in [0.15, 0.2) is 18.2 Å². The first-order valence-corrected chi connectivity index (χ1v) is 6.25. The summed E-state index contributed by atoms with van der Waals surface area (Å²) in [4.78, 5) is 13.3. The molecule has 0 aliphatic carbocycles. The first kappa shape index (κ1) is 18.3. The second-order valence-electron chi connectivity index (χ2n) is 3.95. The summed E-state index contributed by atoms with van der Waals surface area (Å²) in [6.07, 6.45) is 0. The molecule has 0 spiro atoms. The van der Waals surface area contributed by atoms with Crippen molar-refractivity contribution in [2.24, 2.45) is 5.73 Å². The second-order valence-corrected chi connectivity index (χ2v) is 4.77. The van der Waals surface area contributed by atoms with Crippen molar-refractivity contribution in [2.45, 2.75) is 13.0 Å². The van der Waals surface area contributed by atoms with E-state index >= 15 is 0 Å². The normalized spacial score (nSPS) is 11.4. The topological polar surface area (TPSA) is 55.6 Å². The molecule has 0 aliphatic rings. The van der Waals surface area contributed by atoms with Gasteiger partial charge in [-0.1, -0.05) is 23.2 Å². The van der Waals surface area contributed by atoms with Crippen molar-refractivity contribution in [1.82, 2.24) is 4.90 Å². The van der Waals surface area contributed by atoms with Gasteiger partial charge in [-0.3, -0.25) is 4.79 Å². The van der Waals surface area contributed by atoms with Gasteiger partial charge in [0.1, 0.15) is 5.75 Å². The van der Waals surface area contributed by atoms with E-state index in [2.05, 4.69) is 0 Å². The highest BCUT2D eigenvalue weighted by molar-refractivity contribution is 6.42. The molecule has 2 N–H and O–H groups in total. The van der Waals surface area contributed by atoms with E-state index in [4.69, 9.17) is 33.7 Å². The van der Waals surface area contributed by atoms with Crippen molar-refractivity contribution in [2.75, 3.05) is 20.2 Å². The number of carbonyl (C=O) groups is 1. The highest BCUT2D eigenvalue weighted by Gasteiger charge is 2.14. The van der Waals surface area contributed by atoms with E-state index < -0.39 is 0 Å². The summed E-state index contributed by atoms with van der Waals surface area (Å²) >= 11 is 11.6. The lowest BCUT2D eigenvalue weighted by Gasteiger charge is -2.23. The number of carbonyl (C=O) groups excluding carboxylic acids is 1. The van der Waals surface area contributed by atoms with Gasteiger partial charge in [0.05, 0.1) is 10.0 Å². The fraction of sp³-hybridized carbons (Fsp3) is 0.417.